The van der Waals surface area contributed by atoms with Crippen LogP contribution in [0.4, 0.5) is 0 Å². The zero-order chi connectivity index (χ0) is 20.7. The van der Waals surface area contributed by atoms with Crippen molar-refractivity contribution in [3.63, 3.8) is 0 Å². The largest absolute Gasteiger partial charge is 0.342 e. The van der Waals surface area contributed by atoms with Gasteiger partial charge in [-0.25, -0.2) is 0 Å². The van der Waals surface area contributed by atoms with Gasteiger partial charge in [-0.05, 0) is 36.0 Å². The molecule has 30 heavy (non-hydrogen) atoms. The fourth-order valence-corrected chi connectivity index (χ4v) is 5.29. The van der Waals surface area contributed by atoms with E-state index in [-0.39, 0.29) is 23.3 Å². The van der Waals surface area contributed by atoms with Gasteiger partial charge >= 0.3 is 0 Å². The first kappa shape index (κ1) is 19.1. The fourth-order valence-electron chi connectivity index (χ4n) is 5.29. The predicted molar refractivity (Wildman–Crippen MR) is 114 cm³/mol. The number of hydrogen-bond donors (Lipinski definition) is 0. The Hall–Kier alpha value is -2.89. The lowest BCUT2D eigenvalue weighted by Crippen LogP contribution is -2.49. The van der Waals surface area contributed by atoms with Gasteiger partial charge in [0.25, 0.3) is 5.56 Å². The van der Waals surface area contributed by atoms with Crippen LogP contribution in [0, 0.1) is 5.92 Å². The number of pyridine rings is 1. The third-order valence-corrected chi connectivity index (χ3v) is 6.78. The highest BCUT2D eigenvalue weighted by Crippen LogP contribution is 2.36. The minimum absolute atomic E-state index is 0.0494. The van der Waals surface area contributed by atoms with Gasteiger partial charge in [-0.15, -0.1) is 0 Å². The summed E-state index contributed by atoms with van der Waals surface area (Å²) >= 11 is 0. The summed E-state index contributed by atoms with van der Waals surface area (Å²) in [5, 5.41) is 0. The van der Waals surface area contributed by atoms with Gasteiger partial charge in [0.1, 0.15) is 0 Å². The summed E-state index contributed by atoms with van der Waals surface area (Å²) in [4.78, 5) is 41.3. The zero-order valence-corrected chi connectivity index (χ0v) is 17.1. The summed E-state index contributed by atoms with van der Waals surface area (Å²) in [6.07, 6.45) is 2.92. The molecule has 2 aromatic rings. The van der Waals surface area contributed by atoms with Crippen molar-refractivity contribution in [1.29, 1.82) is 0 Å². The number of carbonyl (C=O) groups excluding carboxylic acids is 2. The Morgan fingerprint density at radius 3 is 2.60 bits per heavy atom. The molecule has 2 atom stereocenters. The Kier molecular flexibility index (Phi) is 4.93. The van der Waals surface area contributed by atoms with Crippen LogP contribution in [0.25, 0.3) is 11.1 Å². The standard InChI is InChI=1S/C24H27N3O3/c28-22-7-4-9-25(22)10-8-23(29)26-14-17-11-20(16-26)21-12-19(13-24(30)27(21)15-17)18-5-2-1-3-6-18/h1-3,5-6,12-13,17,20H,4,7-11,14-16H2/t17-,20+/m0/s1. The van der Waals surface area contributed by atoms with Crippen molar-refractivity contribution in [3.05, 3.63) is 58.5 Å². The first-order valence-corrected chi connectivity index (χ1v) is 10.9. The fraction of sp³-hybridized carbons (Fsp3) is 0.458. The van der Waals surface area contributed by atoms with E-state index in [4.69, 9.17) is 0 Å². The third-order valence-electron chi connectivity index (χ3n) is 6.78. The number of likely N-dealkylation sites (tertiary alicyclic amines) is 2. The number of fused-ring (bicyclic) bond motifs is 4. The first-order chi connectivity index (χ1) is 14.6. The molecule has 3 aliphatic heterocycles. The molecular weight excluding hydrogens is 378 g/mol. The molecule has 2 saturated heterocycles. The number of amides is 2. The lowest BCUT2D eigenvalue weighted by Gasteiger charge is -2.43. The van der Waals surface area contributed by atoms with E-state index in [1.807, 2.05) is 44.7 Å². The van der Waals surface area contributed by atoms with E-state index in [1.165, 1.54) is 0 Å². The molecule has 0 spiro atoms. The average Bonchev–Trinajstić information content (AvgIpc) is 3.18. The van der Waals surface area contributed by atoms with Gasteiger partial charge in [0.05, 0.1) is 0 Å². The molecule has 0 saturated carbocycles. The highest BCUT2D eigenvalue weighted by molar-refractivity contribution is 5.80. The van der Waals surface area contributed by atoms with E-state index in [0.29, 0.717) is 44.9 Å². The minimum atomic E-state index is 0.0494. The van der Waals surface area contributed by atoms with Crippen molar-refractivity contribution in [2.45, 2.75) is 38.1 Å². The molecule has 2 bridgehead atoms. The van der Waals surface area contributed by atoms with Gasteiger partial charge < -0.3 is 14.4 Å². The molecule has 5 rings (SSSR count). The van der Waals surface area contributed by atoms with Crippen molar-refractivity contribution in [2.75, 3.05) is 26.2 Å². The van der Waals surface area contributed by atoms with Crippen LogP contribution in [-0.4, -0.2) is 52.4 Å². The Labute approximate surface area is 176 Å². The van der Waals surface area contributed by atoms with Gasteiger partial charge in [-0.3, -0.25) is 14.4 Å². The normalized spacial score (nSPS) is 22.9. The molecule has 6 heteroatoms. The molecule has 156 valence electrons. The molecular formula is C24H27N3O3. The topological polar surface area (TPSA) is 62.6 Å². The van der Waals surface area contributed by atoms with Gasteiger partial charge in [0.2, 0.25) is 11.8 Å². The predicted octanol–water partition coefficient (Wildman–Crippen LogP) is 2.47. The molecule has 6 nitrogen and oxygen atoms in total. The number of hydrogen-bond acceptors (Lipinski definition) is 3. The molecule has 1 aromatic carbocycles. The maximum Gasteiger partial charge on any atom is 0.251 e. The Morgan fingerprint density at radius 1 is 1.00 bits per heavy atom. The number of nitrogens with zero attached hydrogens (tertiary/aromatic N) is 3. The van der Waals surface area contributed by atoms with Gasteiger partial charge in [0.15, 0.2) is 0 Å². The second kappa shape index (κ2) is 7.74. The monoisotopic (exact) mass is 405 g/mol. The molecule has 0 N–H and O–H groups in total. The average molecular weight is 405 g/mol. The molecule has 3 aliphatic rings. The van der Waals surface area contributed by atoms with Gasteiger partial charge in [0, 0.05) is 63.2 Å². The number of carbonyl (C=O) groups is 2. The lowest BCUT2D eigenvalue weighted by molar-refractivity contribution is -0.135. The van der Waals surface area contributed by atoms with Crippen LogP contribution in [0.2, 0.25) is 0 Å². The van der Waals surface area contributed by atoms with Crippen molar-refractivity contribution >= 4 is 11.8 Å². The van der Waals surface area contributed by atoms with Crippen molar-refractivity contribution in [2.24, 2.45) is 5.92 Å². The SMILES string of the molecule is O=C1CCCN1CCC(=O)N1C[C@@H]2C[C@H](C1)c1cc(-c3ccccc3)cc(=O)n1C2. The highest BCUT2D eigenvalue weighted by atomic mass is 16.2. The van der Waals surface area contributed by atoms with E-state index in [0.717, 1.165) is 36.2 Å². The summed E-state index contributed by atoms with van der Waals surface area (Å²) in [5.41, 5.74) is 3.08. The van der Waals surface area contributed by atoms with Gasteiger partial charge in [-0.2, -0.15) is 0 Å². The van der Waals surface area contributed by atoms with Crippen LogP contribution < -0.4 is 5.56 Å². The smallest absolute Gasteiger partial charge is 0.251 e. The van der Waals surface area contributed by atoms with Crippen LogP contribution in [0.1, 0.15) is 37.3 Å². The van der Waals surface area contributed by atoms with Crippen molar-refractivity contribution in [3.8, 4) is 11.1 Å². The van der Waals surface area contributed by atoms with E-state index < -0.39 is 0 Å². The first-order valence-electron chi connectivity index (χ1n) is 10.9. The van der Waals surface area contributed by atoms with E-state index in [9.17, 15) is 14.4 Å². The van der Waals surface area contributed by atoms with Crippen LogP contribution in [0.3, 0.4) is 0 Å². The van der Waals surface area contributed by atoms with Crippen molar-refractivity contribution < 1.29 is 9.59 Å². The number of piperidine rings is 1. The number of benzene rings is 1. The zero-order valence-electron chi connectivity index (χ0n) is 17.1. The molecule has 0 radical (unpaired) electrons. The maximum absolute atomic E-state index is 12.9. The van der Waals surface area contributed by atoms with Crippen molar-refractivity contribution in [1.82, 2.24) is 14.4 Å². The Morgan fingerprint density at radius 2 is 1.83 bits per heavy atom. The lowest BCUT2D eigenvalue weighted by atomic mass is 9.82. The van der Waals surface area contributed by atoms with E-state index in [1.54, 1.807) is 6.07 Å². The van der Waals surface area contributed by atoms with Crippen LogP contribution in [0.15, 0.2) is 47.3 Å². The second-order valence-electron chi connectivity index (χ2n) is 8.82. The number of aromatic nitrogens is 1. The van der Waals surface area contributed by atoms with Gasteiger partial charge in [-0.1, -0.05) is 30.3 Å². The van der Waals surface area contributed by atoms with E-state index in [2.05, 4.69) is 6.07 Å². The summed E-state index contributed by atoms with van der Waals surface area (Å²) in [7, 11) is 0. The molecule has 2 fully saturated rings. The molecule has 2 amide bonds. The second-order valence-corrected chi connectivity index (χ2v) is 8.82. The Bertz CT molecular complexity index is 1030. The summed E-state index contributed by atoms with van der Waals surface area (Å²) in [5.74, 6) is 0.791. The molecule has 0 aliphatic carbocycles. The van der Waals surface area contributed by atoms with Crippen LogP contribution >= 0.6 is 0 Å². The van der Waals surface area contributed by atoms with Crippen LogP contribution in [0.5, 0.6) is 0 Å². The Balaban J connectivity index is 1.34. The molecule has 4 heterocycles. The third kappa shape index (κ3) is 3.55. The van der Waals surface area contributed by atoms with Crippen LogP contribution in [-0.2, 0) is 16.1 Å². The number of rotatable bonds is 4. The highest BCUT2D eigenvalue weighted by Gasteiger charge is 2.36. The molecule has 1 aromatic heterocycles. The summed E-state index contributed by atoms with van der Waals surface area (Å²) in [6, 6.07) is 13.8. The minimum Gasteiger partial charge on any atom is -0.342 e. The summed E-state index contributed by atoms with van der Waals surface area (Å²) < 4.78 is 1.91. The summed E-state index contributed by atoms with van der Waals surface area (Å²) in [6.45, 7) is 3.33. The maximum atomic E-state index is 12.9. The quantitative estimate of drug-likeness (QED) is 0.785. The van der Waals surface area contributed by atoms with E-state index >= 15 is 0 Å². The molecule has 0 unspecified atom stereocenters.